The van der Waals surface area contributed by atoms with Crippen molar-refractivity contribution < 1.29 is 9.32 Å². The molecule has 1 amide bonds. The number of amides is 1. The van der Waals surface area contributed by atoms with Crippen molar-refractivity contribution in [1.29, 1.82) is 0 Å². The first-order valence-corrected chi connectivity index (χ1v) is 5.49. The number of hydrogen-bond acceptors (Lipinski definition) is 3. The molecule has 2 aromatic heterocycles. The Balaban J connectivity index is 1.96. The second kappa shape index (κ2) is 4.52. The maximum absolute atomic E-state index is 11.7. The van der Waals surface area contributed by atoms with E-state index in [0.717, 1.165) is 5.56 Å². The molecule has 84 valence electrons. The molecule has 2 rings (SSSR count). The van der Waals surface area contributed by atoms with Gasteiger partial charge in [-0.2, -0.15) is 0 Å². The van der Waals surface area contributed by atoms with E-state index in [1.165, 1.54) is 0 Å². The molecule has 0 bridgehead atoms. The lowest BCUT2D eigenvalue weighted by molar-refractivity contribution is 0.0942. The fourth-order valence-electron chi connectivity index (χ4n) is 1.32. The standard InChI is InChI=1S/C10H10BrN3O2/c1-6-2-3-12-9(6)10(15)13-5-7-4-8(11)14-16-7/h2-4,12H,5H2,1H3,(H,13,15). The van der Waals surface area contributed by atoms with Gasteiger partial charge in [-0.1, -0.05) is 5.16 Å². The molecule has 0 aromatic carbocycles. The van der Waals surface area contributed by atoms with Crippen molar-refractivity contribution in [2.24, 2.45) is 0 Å². The SMILES string of the molecule is Cc1cc[nH]c1C(=O)NCc1cc(Br)no1. The average molecular weight is 284 g/mol. The van der Waals surface area contributed by atoms with Crippen LogP contribution in [0.1, 0.15) is 21.8 Å². The quantitative estimate of drug-likeness (QED) is 0.905. The smallest absolute Gasteiger partial charge is 0.268 e. The first-order valence-electron chi connectivity index (χ1n) is 4.70. The molecule has 0 saturated heterocycles. The third-order valence-corrected chi connectivity index (χ3v) is 2.51. The fraction of sp³-hybridized carbons (Fsp3) is 0.200. The first kappa shape index (κ1) is 10.9. The molecule has 6 heteroatoms. The molecule has 0 saturated carbocycles. The van der Waals surface area contributed by atoms with Gasteiger partial charge < -0.3 is 14.8 Å². The number of hydrogen-bond donors (Lipinski definition) is 2. The van der Waals surface area contributed by atoms with Gasteiger partial charge in [-0.25, -0.2) is 0 Å². The Labute approximate surface area is 100 Å². The lowest BCUT2D eigenvalue weighted by Gasteiger charge is -2.01. The Morgan fingerprint density at radius 1 is 1.69 bits per heavy atom. The van der Waals surface area contributed by atoms with Crippen molar-refractivity contribution in [2.75, 3.05) is 0 Å². The van der Waals surface area contributed by atoms with Crippen molar-refractivity contribution in [3.05, 3.63) is 40.0 Å². The highest BCUT2D eigenvalue weighted by molar-refractivity contribution is 9.10. The number of rotatable bonds is 3. The predicted molar refractivity (Wildman–Crippen MR) is 60.9 cm³/mol. The normalized spacial score (nSPS) is 10.4. The van der Waals surface area contributed by atoms with Gasteiger partial charge in [0.2, 0.25) is 0 Å². The van der Waals surface area contributed by atoms with Crippen LogP contribution in [0.3, 0.4) is 0 Å². The minimum atomic E-state index is -0.157. The summed E-state index contributed by atoms with van der Waals surface area (Å²) in [5, 5.41) is 6.39. The van der Waals surface area contributed by atoms with E-state index in [0.29, 0.717) is 22.6 Å². The Hall–Kier alpha value is -1.56. The van der Waals surface area contributed by atoms with Crippen molar-refractivity contribution in [3.8, 4) is 0 Å². The van der Waals surface area contributed by atoms with Crippen LogP contribution in [0.25, 0.3) is 0 Å². The summed E-state index contributed by atoms with van der Waals surface area (Å²) < 4.78 is 5.56. The van der Waals surface area contributed by atoms with Crippen LogP contribution >= 0.6 is 15.9 Å². The number of aromatic amines is 1. The third kappa shape index (κ3) is 2.33. The molecule has 2 aromatic rings. The summed E-state index contributed by atoms with van der Waals surface area (Å²) in [6.07, 6.45) is 1.73. The Morgan fingerprint density at radius 2 is 2.50 bits per heavy atom. The van der Waals surface area contributed by atoms with Gasteiger partial charge in [-0.05, 0) is 34.5 Å². The summed E-state index contributed by atoms with van der Waals surface area (Å²) in [6, 6.07) is 3.56. The monoisotopic (exact) mass is 283 g/mol. The van der Waals surface area contributed by atoms with Gasteiger partial charge in [0.15, 0.2) is 5.76 Å². The number of carbonyl (C=O) groups excluding carboxylic acids is 1. The molecule has 5 nitrogen and oxygen atoms in total. The zero-order valence-corrected chi connectivity index (χ0v) is 10.2. The molecule has 0 aliphatic heterocycles. The molecule has 0 fully saturated rings. The van der Waals surface area contributed by atoms with Crippen LogP contribution < -0.4 is 5.32 Å². The molecule has 0 radical (unpaired) electrons. The van der Waals surface area contributed by atoms with E-state index in [1.54, 1.807) is 12.3 Å². The van der Waals surface area contributed by atoms with E-state index in [4.69, 9.17) is 4.52 Å². The largest absolute Gasteiger partial charge is 0.358 e. The molecule has 16 heavy (non-hydrogen) atoms. The van der Waals surface area contributed by atoms with Gasteiger partial charge >= 0.3 is 0 Å². The molecule has 0 unspecified atom stereocenters. The lowest BCUT2D eigenvalue weighted by atomic mass is 10.2. The average Bonchev–Trinajstić information content (AvgIpc) is 2.84. The van der Waals surface area contributed by atoms with Crippen molar-refractivity contribution in [3.63, 3.8) is 0 Å². The minimum absolute atomic E-state index is 0.157. The van der Waals surface area contributed by atoms with Crippen LogP contribution in [-0.2, 0) is 6.54 Å². The summed E-state index contributed by atoms with van der Waals surface area (Å²) in [5.41, 5.74) is 1.48. The fourth-order valence-corrected chi connectivity index (χ4v) is 1.65. The van der Waals surface area contributed by atoms with Gasteiger partial charge in [0.25, 0.3) is 5.91 Å². The molecule has 0 spiro atoms. The number of halogens is 1. The zero-order valence-electron chi connectivity index (χ0n) is 8.58. The van der Waals surface area contributed by atoms with E-state index >= 15 is 0 Å². The Bertz CT molecular complexity index is 504. The molecule has 0 aliphatic rings. The zero-order chi connectivity index (χ0) is 11.5. The first-order chi connectivity index (χ1) is 7.66. The van der Waals surface area contributed by atoms with Crippen LogP contribution in [0.4, 0.5) is 0 Å². The van der Waals surface area contributed by atoms with Crippen LogP contribution in [0.15, 0.2) is 27.5 Å². The van der Waals surface area contributed by atoms with Crippen molar-refractivity contribution >= 4 is 21.8 Å². The molecule has 0 atom stereocenters. The second-order valence-corrected chi connectivity index (χ2v) is 4.15. The van der Waals surface area contributed by atoms with E-state index in [2.05, 4.69) is 31.4 Å². The third-order valence-electron chi connectivity index (χ3n) is 2.14. The number of nitrogens with one attached hydrogen (secondary N) is 2. The number of aromatic nitrogens is 2. The highest BCUT2D eigenvalue weighted by atomic mass is 79.9. The van der Waals surface area contributed by atoms with E-state index < -0.39 is 0 Å². The van der Waals surface area contributed by atoms with Gasteiger partial charge in [0.05, 0.1) is 6.54 Å². The van der Waals surface area contributed by atoms with E-state index in [-0.39, 0.29) is 5.91 Å². The Morgan fingerprint density at radius 3 is 3.06 bits per heavy atom. The molecular formula is C10H10BrN3O2. The summed E-state index contributed by atoms with van der Waals surface area (Å²) in [7, 11) is 0. The molecule has 2 heterocycles. The summed E-state index contributed by atoms with van der Waals surface area (Å²) in [4.78, 5) is 14.6. The van der Waals surface area contributed by atoms with Gasteiger partial charge in [-0.3, -0.25) is 4.79 Å². The van der Waals surface area contributed by atoms with Crippen LogP contribution in [0.5, 0.6) is 0 Å². The minimum Gasteiger partial charge on any atom is -0.358 e. The van der Waals surface area contributed by atoms with Gasteiger partial charge in [0, 0.05) is 12.3 Å². The molecular weight excluding hydrogens is 274 g/mol. The lowest BCUT2D eigenvalue weighted by Crippen LogP contribution is -2.23. The number of aryl methyl sites for hydroxylation is 1. The highest BCUT2D eigenvalue weighted by Crippen LogP contribution is 2.10. The van der Waals surface area contributed by atoms with Crippen LogP contribution in [0.2, 0.25) is 0 Å². The van der Waals surface area contributed by atoms with Crippen LogP contribution in [0, 0.1) is 6.92 Å². The summed E-state index contributed by atoms with van der Waals surface area (Å²) in [6.45, 7) is 2.19. The maximum Gasteiger partial charge on any atom is 0.268 e. The number of nitrogens with zero attached hydrogens (tertiary/aromatic N) is 1. The molecule has 2 N–H and O–H groups in total. The van der Waals surface area contributed by atoms with Crippen LogP contribution in [-0.4, -0.2) is 16.0 Å². The predicted octanol–water partition coefficient (Wildman–Crippen LogP) is 2.00. The summed E-state index contributed by atoms with van der Waals surface area (Å²) in [5.74, 6) is 0.444. The topological polar surface area (TPSA) is 70.9 Å². The van der Waals surface area contributed by atoms with E-state index in [9.17, 15) is 4.79 Å². The van der Waals surface area contributed by atoms with Crippen molar-refractivity contribution in [1.82, 2.24) is 15.5 Å². The number of carbonyl (C=O) groups is 1. The van der Waals surface area contributed by atoms with Gasteiger partial charge in [0.1, 0.15) is 10.3 Å². The van der Waals surface area contributed by atoms with Gasteiger partial charge in [-0.15, -0.1) is 0 Å². The van der Waals surface area contributed by atoms with Crippen molar-refractivity contribution in [2.45, 2.75) is 13.5 Å². The maximum atomic E-state index is 11.7. The Kier molecular flexibility index (Phi) is 3.09. The summed E-state index contributed by atoms with van der Waals surface area (Å²) >= 11 is 3.17. The molecule has 0 aliphatic carbocycles. The number of H-pyrrole nitrogens is 1. The second-order valence-electron chi connectivity index (χ2n) is 3.33. The van der Waals surface area contributed by atoms with E-state index in [1.807, 2.05) is 13.0 Å². The highest BCUT2D eigenvalue weighted by Gasteiger charge is 2.10.